The van der Waals surface area contributed by atoms with Crippen LogP contribution in [-0.4, -0.2) is 35.9 Å². The zero-order chi connectivity index (χ0) is 22.7. The number of halogens is 2. The summed E-state index contributed by atoms with van der Waals surface area (Å²) in [6, 6.07) is 11.7. The first-order valence-corrected chi connectivity index (χ1v) is 10.5. The van der Waals surface area contributed by atoms with Gasteiger partial charge in [-0.3, -0.25) is 9.78 Å². The minimum absolute atomic E-state index is 0.0261. The van der Waals surface area contributed by atoms with Crippen molar-refractivity contribution in [2.75, 3.05) is 30.8 Å². The monoisotopic (exact) mass is 449 g/mol. The number of amides is 1. The lowest BCUT2D eigenvalue weighted by molar-refractivity contribution is -0.112. The van der Waals surface area contributed by atoms with Crippen molar-refractivity contribution in [3.05, 3.63) is 70.6 Å². The maximum Gasteiger partial charge on any atom is 0.248 e. The number of benzene rings is 2. The van der Waals surface area contributed by atoms with Crippen LogP contribution >= 0.6 is 11.6 Å². The molecule has 0 unspecified atom stereocenters. The van der Waals surface area contributed by atoms with E-state index < -0.39 is 5.82 Å². The summed E-state index contributed by atoms with van der Waals surface area (Å²) < 4.78 is 13.5. The molecule has 2 heterocycles. The van der Waals surface area contributed by atoms with Crippen molar-refractivity contribution in [3.63, 3.8) is 0 Å². The average molecular weight is 450 g/mol. The van der Waals surface area contributed by atoms with Gasteiger partial charge in [-0.2, -0.15) is 5.26 Å². The fourth-order valence-electron chi connectivity index (χ4n) is 3.62. The van der Waals surface area contributed by atoms with E-state index in [4.69, 9.17) is 11.6 Å². The number of pyridine rings is 1. The number of nitriles is 1. The van der Waals surface area contributed by atoms with E-state index in [0.717, 1.165) is 31.5 Å². The highest BCUT2D eigenvalue weighted by Crippen LogP contribution is 2.32. The van der Waals surface area contributed by atoms with E-state index in [1.807, 2.05) is 0 Å². The van der Waals surface area contributed by atoms with Gasteiger partial charge >= 0.3 is 0 Å². The minimum atomic E-state index is -0.527. The first kappa shape index (κ1) is 21.8. The third-order valence-electron chi connectivity index (χ3n) is 5.41. The van der Waals surface area contributed by atoms with Gasteiger partial charge in [0.1, 0.15) is 11.9 Å². The highest BCUT2D eigenvalue weighted by molar-refractivity contribution is 6.31. The summed E-state index contributed by atoms with van der Waals surface area (Å²) in [6.45, 7) is 1.89. The third kappa shape index (κ3) is 4.88. The second kappa shape index (κ2) is 9.35. The van der Waals surface area contributed by atoms with Crippen LogP contribution in [0, 0.1) is 17.1 Å². The van der Waals surface area contributed by atoms with Crippen molar-refractivity contribution < 1.29 is 9.18 Å². The van der Waals surface area contributed by atoms with Crippen molar-refractivity contribution in [1.82, 2.24) is 9.88 Å². The average Bonchev–Trinajstić information content (AvgIpc) is 2.78. The van der Waals surface area contributed by atoms with E-state index in [0.29, 0.717) is 33.5 Å². The summed E-state index contributed by atoms with van der Waals surface area (Å²) >= 11 is 5.89. The number of hydrogen-bond donors (Lipinski definition) is 2. The number of carbonyl (C=O) groups excluding carboxylic acids is 1. The molecule has 0 aliphatic carbocycles. The summed E-state index contributed by atoms with van der Waals surface area (Å²) in [4.78, 5) is 19.1. The van der Waals surface area contributed by atoms with Gasteiger partial charge in [-0.25, -0.2) is 4.39 Å². The van der Waals surface area contributed by atoms with Crippen LogP contribution < -0.4 is 10.6 Å². The van der Waals surface area contributed by atoms with Gasteiger partial charge in [0.2, 0.25) is 5.91 Å². The fraction of sp³-hybridized carbons (Fsp3) is 0.208. The van der Waals surface area contributed by atoms with Crippen molar-refractivity contribution in [3.8, 4) is 6.07 Å². The second-order valence-electron chi connectivity index (χ2n) is 7.74. The zero-order valence-electron chi connectivity index (χ0n) is 17.5. The number of nitrogens with zero attached hydrogens (tertiary/aromatic N) is 3. The van der Waals surface area contributed by atoms with Gasteiger partial charge < -0.3 is 15.5 Å². The highest BCUT2D eigenvalue weighted by atomic mass is 35.5. The van der Waals surface area contributed by atoms with Crippen molar-refractivity contribution in [2.45, 2.75) is 12.8 Å². The fourth-order valence-corrected chi connectivity index (χ4v) is 3.80. The molecule has 0 saturated carbocycles. The van der Waals surface area contributed by atoms with E-state index in [1.54, 1.807) is 24.3 Å². The predicted octanol–water partition coefficient (Wildman–Crippen LogP) is 5.23. The third-order valence-corrected chi connectivity index (χ3v) is 5.70. The van der Waals surface area contributed by atoms with Crippen molar-refractivity contribution >= 4 is 45.5 Å². The number of likely N-dealkylation sites (tertiary alicyclic amines) is 1. The molecule has 1 amide bonds. The van der Waals surface area contributed by atoms with Crippen molar-refractivity contribution in [1.29, 1.82) is 5.26 Å². The normalized spacial score (nSPS) is 14.1. The molecule has 1 aliphatic heterocycles. The lowest BCUT2D eigenvalue weighted by Crippen LogP contribution is -2.26. The Balaban J connectivity index is 1.64. The molecule has 2 aromatic carbocycles. The van der Waals surface area contributed by atoms with Gasteiger partial charge in [-0.15, -0.1) is 0 Å². The number of anilines is 3. The van der Waals surface area contributed by atoms with Crippen LogP contribution in [0.3, 0.4) is 0 Å². The molecular formula is C24H21ClFN5O. The Bertz CT molecular complexity index is 1260. The molecule has 4 rings (SSSR count). The molecule has 1 aromatic heterocycles. The van der Waals surface area contributed by atoms with Gasteiger partial charge in [0.15, 0.2) is 0 Å². The molecular weight excluding hydrogens is 429 g/mol. The van der Waals surface area contributed by atoms with E-state index in [1.165, 1.54) is 24.4 Å². The number of aromatic nitrogens is 1. The van der Waals surface area contributed by atoms with Crippen LogP contribution in [0.2, 0.25) is 5.02 Å². The first-order valence-electron chi connectivity index (χ1n) is 10.2. The minimum Gasteiger partial charge on any atom is -0.354 e. The van der Waals surface area contributed by atoms with Gasteiger partial charge in [0.25, 0.3) is 0 Å². The van der Waals surface area contributed by atoms with Crippen LogP contribution in [0.1, 0.15) is 18.4 Å². The first-order chi connectivity index (χ1) is 15.4. The lowest BCUT2D eigenvalue weighted by Gasteiger charge is -2.23. The zero-order valence-corrected chi connectivity index (χ0v) is 18.2. The maximum atomic E-state index is 13.5. The van der Waals surface area contributed by atoms with Crippen LogP contribution in [0.15, 0.2) is 54.2 Å². The Morgan fingerprint density at radius 2 is 1.97 bits per heavy atom. The van der Waals surface area contributed by atoms with Crippen LogP contribution in [0.4, 0.5) is 21.5 Å². The lowest BCUT2D eigenvalue weighted by atomic mass is 10.0. The molecule has 0 atom stereocenters. The number of piperidine rings is 1. The molecule has 8 heteroatoms. The quantitative estimate of drug-likeness (QED) is 0.533. The van der Waals surface area contributed by atoms with Crippen LogP contribution in [-0.2, 0) is 4.79 Å². The van der Waals surface area contributed by atoms with Crippen LogP contribution in [0.25, 0.3) is 10.9 Å². The van der Waals surface area contributed by atoms with Crippen molar-refractivity contribution in [2.24, 2.45) is 0 Å². The second-order valence-corrected chi connectivity index (χ2v) is 8.15. The maximum absolute atomic E-state index is 13.5. The highest BCUT2D eigenvalue weighted by Gasteiger charge is 2.14. The Hall–Kier alpha value is -3.47. The van der Waals surface area contributed by atoms with E-state index in [2.05, 4.69) is 33.6 Å². The molecule has 3 aromatic rings. The standard InChI is InChI=1S/C24H21ClFN5O/c1-31-8-6-15(7-9-31)10-23(32)29-17-3-5-22-19(11-17)24(16(13-27)14-28-22)30-18-2-4-21(26)20(25)12-18/h2-5,10-12,14H,6-9H2,1H3,(H,28,30)(H,29,32). The number of nitrogens with one attached hydrogen (secondary N) is 2. The molecule has 1 saturated heterocycles. The summed E-state index contributed by atoms with van der Waals surface area (Å²) in [5.41, 5.74) is 3.71. The SMILES string of the molecule is CN1CCC(=CC(=O)Nc2ccc3ncc(C#N)c(Nc4ccc(F)c(Cl)c4)c3c2)CC1. The molecule has 0 bridgehead atoms. The van der Waals surface area contributed by atoms with Gasteiger partial charge in [-0.05, 0) is 56.3 Å². The van der Waals surface area contributed by atoms with Gasteiger partial charge in [0.05, 0.1) is 21.8 Å². The van der Waals surface area contributed by atoms with Gasteiger partial charge in [0, 0.05) is 42.1 Å². The summed E-state index contributed by atoms with van der Waals surface area (Å²) in [5, 5.41) is 16.2. The number of fused-ring (bicyclic) bond motifs is 1. The Labute approximate surface area is 190 Å². The molecule has 0 spiro atoms. The molecule has 162 valence electrons. The number of rotatable bonds is 4. The van der Waals surface area contributed by atoms with Crippen LogP contribution in [0.5, 0.6) is 0 Å². The largest absolute Gasteiger partial charge is 0.354 e. The summed E-state index contributed by atoms with van der Waals surface area (Å²) in [6.07, 6.45) is 4.90. The van der Waals surface area contributed by atoms with E-state index in [-0.39, 0.29) is 10.9 Å². The summed E-state index contributed by atoms with van der Waals surface area (Å²) in [7, 11) is 2.07. The molecule has 1 fully saturated rings. The molecule has 1 aliphatic rings. The number of hydrogen-bond acceptors (Lipinski definition) is 5. The Morgan fingerprint density at radius 1 is 1.22 bits per heavy atom. The molecule has 0 radical (unpaired) electrons. The van der Waals surface area contributed by atoms with Gasteiger partial charge in [-0.1, -0.05) is 17.2 Å². The Kier molecular flexibility index (Phi) is 6.35. The molecule has 32 heavy (non-hydrogen) atoms. The number of carbonyl (C=O) groups is 1. The van der Waals surface area contributed by atoms with E-state index >= 15 is 0 Å². The molecule has 2 N–H and O–H groups in total. The molecule has 6 nitrogen and oxygen atoms in total. The Morgan fingerprint density at radius 3 is 2.69 bits per heavy atom. The predicted molar refractivity (Wildman–Crippen MR) is 125 cm³/mol. The summed E-state index contributed by atoms with van der Waals surface area (Å²) in [5.74, 6) is -0.714. The topological polar surface area (TPSA) is 81.1 Å². The smallest absolute Gasteiger partial charge is 0.248 e. The van der Waals surface area contributed by atoms with E-state index in [9.17, 15) is 14.4 Å².